The lowest BCUT2D eigenvalue weighted by Crippen LogP contribution is -2.33. The highest BCUT2D eigenvalue weighted by atomic mass is 32.1. The van der Waals surface area contributed by atoms with Crippen molar-refractivity contribution in [1.82, 2.24) is 4.90 Å². The normalized spacial score (nSPS) is 9.11. The molecule has 0 aromatic heterocycles. The second kappa shape index (κ2) is 4.52. The molecule has 2 N–H and O–H groups in total. The van der Waals surface area contributed by atoms with Gasteiger partial charge in [0.05, 0.1) is 0 Å². The van der Waals surface area contributed by atoms with Crippen molar-refractivity contribution in [2.24, 2.45) is 5.73 Å². The van der Waals surface area contributed by atoms with Crippen LogP contribution >= 0.6 is 12.2 Å². The molecule has 0 aliphatic heterocycles. The second-order valence-electron chi connectivity index (χ2n) is 1.66. The van der Waals surface area contributed by atoms with Crippen LogP contribution in [0.2, 0.25) is 0 Å². The number of hydrogen-bond donors (Lipinski definition) is 1. The van der Waals surface area contributed by atoms with Gasteiger partial charge in [-0.2, -0.15) is 0 Å². The summed E-state index contributed by atoms with van der Waals surface area (Å²) in [6.07, 6.45) is 0. The zero-order valence-corrected chi connectivity index (χ0v) is 6.57. The van der Waals surface area contributed by atoms with E-state index >= 15 is 0 Å². The Balaban J connectivity index is 3.27. The van der Waals surface area contributed by atoms with E-state index in [1.165, 1.54) is 0 Å². The summed E-state index contributed by atoms with van der Waals surface area (Å²) in [7, 11) is 1.79. The first-order valence-electron chi connectivity index (χ1n) is 2.76. The van der Waals surface area contributed by atoms with Crippen molar-refractivity contribution in [3.8, 4) is 0 Å². The Morgan fingerprint density at radius 1 is 1.78 bits per heavy atom. The van der Waals surface area contributed by atoms with E-state index in [1.807, 2.05) is 6.92 Å². The van der Waals surface area contributed by atoms with Gasteiger partial charge in [-0.1, -0.05) is 0 Å². The summed E-state index contributed by atoms with van der Waals surface area (Å²) in [6, 6.07) is 0. The first kappa shape index (κ1) is 8.65. The third-order valence-corrected chi connectivity index (χ3v) is 1.18. The van der Waals surface area contributed by atoms with Gasteiger partial charge in [0.2, 0.25) is 0 Å². The molecule has 0 aliphatic carbocycles. The summed E-state index contributed by atoms with van der Waals surface area (Å²) in [6.45, 7) is 3.09. The van der Waals surface area contributed by atoms with E-state index in [4.69, 9.17) is 10.5 Å². The predicted molar refractivity (Wildman–Crippen MR) is 41.0 cm³/mol. The average Bonchev–Trinajstić information content (AvgIpc) is 1.82. The molecular weight excluding hydrogens is 136 g/mol. The molecule has 0 amide bonds. The van der Waals surface area contributed by atoms with E-state index in [0.717, 1.165) is 0 Å². The Morgan fingerprint density at radius 2 is 2.33 bits per heavy atom. The molecule has 0 radical (unpaired) electrons. The molecule has 0 saturated heterocycles. The minimum absolute atomic E-state index is 0.364. The summed E-state index contributed by atoms with van der Waals surface area (Å²) in [4.78, 5) is 1.67. The molecule has 0 bridgehead atoms. The van der Waals surface area contributed by atoms with Crippen LogP contribution in [0.25, 0.3) is 0 Å². The van der Waals surface area contributed by atoms with Gasteiger partial charge < -0.3 is 15.4 Å². The Labute approximate surface area is 60.8 Å². The van der Waals surface area contributed by atoms with Gasteiger partial charge in [-0.25, -0.2) is 0 Å². The average molecular weight is 148 g/mol. The summed E-state index contributed by atoms with van der Waals surface area (Å²) >= 11 is 4.66. The molecule has 0 aromatic rings. The lowest BCUT2D eigenvalue weighted by molar-refractivity contribution is 0.0862. The number of hydrogen-bond acceptors (Lipinski definition) is 2. The largest absolute Gasteiger partial charge is 0.376 e. The van der Waals surface area contributed by atoms with Crippen LogP contribution in [-0.4, -0.2) is 30.4 Å². The molecule has 0 unspecified atom stereocenters. The zero-order valence-electron chi connectivity index (χ0n) is 5.76. The number of ether oxygens (including phenoxy) is 1. The summed E-state index contributed by atoms with van der Waals surface area (Å²) < 4.78 is 5.01. The first-order chi connectivity index (χ1) is 4.18. The van der Waals surface area contributed by atoms with Crippen molar-refractivity contribution >= 4 is 17.3 Å². The first-order valence-corrected chi connectivity index (χ1v) is 3.17. The molecule has 0 heterocycles. The van der Waals surface area contributed by atoms with Crippen LogP contribution in [0.1, 0.15) is 6.92 Å². The van der Waals surface area contributed by atoms with Crippen molar-refractivity contribution in [3.63, 3.8) is 0 Å². The van der Waals surface area contributed by atoms with E-state index in [9.17, 15) is 0 Å². The number of rotatable bonds is 3. The smallest absolute Gasteiger partial charge is 0.167 e. The maximum Gasteiger partial charge on any atom is 0.167 e. The fourth-order valence-corrected chi connectivity index (χ4v) is 0.345. The third-order valence-electron chi connectivity index (χ3n) is 0.865. The zero-order chi connectivity index (χ0) is 7.28. The third kappa shape index (κ3) is 4.17. The molecule has 3 nitrogen and oxygen atoms in total. The van der Waals surface area contributed by atoms with Gasteiger partial charge in [-0.05, 0) is 19.1 Å². The highest BCUT2D eigenvalue weighted by molar-refractivity contribution is 7.80. The van der Waals surface area contributed by atoms with Gasteiger partial charge in [0.15, 0.2) is 5.11 Å². The molecule has 0 spiro atoms. The maximum absolute atomic E-state index is 5.25. The van der Waals surface area contributed by atoms with E-state index < -0.39 is 0 Å². The lowest BCUT2D eigenvalue weighted by Gasteiger charge is -2.15. The topological polar surface area (TPSA) is 38.5 Å². The van der Waals surface area contributed by atoms with Gasteiger partial charge in [0.1, 0.15) is 6.73 Å². The maximum atomic E-state index is 5.25. The van der Waals surface area contributed by atoms with Crippen LogP contribution in [0.4, 0.5) is 0 Å². The Kier molecular flexibility index (Phi) is 4.35. The monoisotopic (exact) mass is 148 g/mol. The van der Waals surface area contributed by atoms with Gasteiger partial charge >= 0.3 is 0 Å². The number of nitrogens with two attached hydrogens (primary N) is 1. The van der Waals surface area contributed by atoms with Crippen LogP contribution in [0.3, 0.4) is 0 Å². The van der Waals surface area contributed by atoms with Gasteiger partial charge in [0, 0.05) is 13.7 Å². The molecule has 0 aromatic carbocycles. The molecule has 4 heteroatoms. The second-order valence-corrected chi connectivity index (χ2v) is 2.08. The van der Waals surface area contributed by atoms with Gasteiger partial charge in [-0.15, -0.1) is 0 Å². The van der Waals surface area contributed by atoms with Crippen molar-refractivity contribution in [1.29, 1.82) is 0 Å². The minimum atomic E-state index is 0.364. The number of thiocarbonyl (C=S) groups is 1. The number of nitrogens with zero attached hydrogens (tertiary/aromatic N) is 1. The van der Waals surface area contributed by atoms with Crippen molar-refractivity contribution in [2.75, 3.05) is 20.4 Å². The molecule has 0 rings (SSSR count). The van der Waals surface area contributed by atoms with Crippen molar-refractivity contribution < 1.29 is 4.74 Å². The van der Waals surface area contributed by atoms with Gasteiger partial charge in [-0.3, -0.25) is 0 Å². The molecule has 0 fully saturated rings. The fourth-order valence-electron chi connectivity index (χ4n) is 0.292. The molecule has 54 valence electrons. The Hall–Kier alpha value is -0.350. The van der Waals surface area contributed by atoms with Crippen LogP contribution in [0, 0.1) is 0 Å². The fraction of sp³-hybridized carbons (Fsp3) is 0.800. The van der Waals surface area contributed by atoms with E-state index in [0.29, 0.717) is 18.5 Å². The van der Waals surface area contributed by atoms with E-state index in [1.54, 1.807) is 11.9 Å². The SMILES string of the molecule is CCOCN(C)C(N)=S. The summed E-state index contributed by atoms with van der Waals surface area (Å²) in [5.74, 6) is 0. The highest BCUT2D eigenvalue weighted by Gasteiger charge is 1.95. The van der Waals surface area contributed by atoms with Crippen LogP contribution in [0.15, 0.2) is 0 Å². The summed E-state index contributed by atoms with van der Waals surface area (Å²) in [5.41, 5.74) is 5.25. The molecule has 0 aliphatic rings. The van der Waals surface area contributed by atoms with Gasteiger partial charge in [0.25, 0.3) is 0 Å². The predicted octanol–water partition coefficient (Wildman–Crippen LogP) is 0.156. The van der Waals surface area contributed by atoms with E-state index in [2.05, 4.69) is 12.2 Å². The quantitative estimate of drug-likeness (QED) is 0.457. The standard InChI is InChI=1S/C5H12N2OS/c1-3-8-4-7(2)5(6)9/h3-4H2,1-2H3,(H2,6,9). The Morgan fingerprint density at radius 3 is 2.67 bits per heavy atom. The van der Waals surface area contributed by atoms with Crippen LogP contribution < -0.4 is 5.73 Å². The molecule has 9 heavy (non-hydrogen) atoms. The Bertz CT molecular complexity index is 97.0. The van der Waals surface area contributed by atoms with Crippen LogP contribution in [-0.2, 0) is 4.74 Å². The highest BCUT2D eigenvalue weighted by Crippen LogP contribution is 1.81. The molecular formula is C5H12N2OS. The molecule has 0 saturated carbocycles. The van der Waals surface area contributed by atoms with Crippen LogP contribution in [0.5, 0.6) is 0 Å². The van der Waals surface area contributed by atoms with E-state index in [-0.39, 0.29) is 0 Å². The van der Waals surface area contributed by atoms with Crippen molar-refractivity contribution in [3.05, 3.63) is 0 Å². The summed E-state index contributed by atoms with van der Waals surface area (Å²) in [5, 5.41) is 0.364. The van der Waals surface area contributed by atoms with Crippen molar-refractivity contribution in [2.45, 2.75) is 6.92 Å². The minimum Gasteiger partial charge on any atom is -0.376 e. The lowest BCUT2D eigenvalue weighted by atomic mass is 10.8. The molecule has 0 atom stereocenters.